The highest BCUT2D eigenvalue weighted by Gasteiger charge is 2.40. The van der Waals surface area contributed by atoms with Gasteiger partial charge in [-0.15, -0.1) is 11.8 Å². The Morgan fingerprint density at radius 3 is 2.91 bits per heavy atom. The fourth-order valence-corrected chi connectivity index (χ4v) is 6.93. The second kappa shape index (κ2) is 5.98. The fourth-order valence-electron chi connectivity index (χ4n) is 3.76. The molecule has 2 aliphatic heterocycles. The van der Waals surface area contributed by atoms with Crippen LogP contribution in [0, 0.1) is 16.0 Å². The molecule has 1 aromatic carbocycles. The first-order valence-electron chi connectivity index (χ1n) is 7.93. The van der Waals surface area contributed by atoms with E-state index in [-0.39, 0.29) is 21.8 Å². The number of aryl methyl sites for hydroxylation is 1. The minimum absolute atomic E-state index is 0.137. The first kappa shape index (κ1) is 15.3. The number of hydrogen-bond acceptors (Lipinski definition) is 5. The molecule has 0 aromatic heterocycles. The quantitative estimate of drug-likeness (QED) is 0.566. The number of nitro benzene ring substituents is 1. The van der Waals surface area contributed by atoms with Gasteiger partial charge in [-0.1, -0.05) is 6.07 Å². The minimum Gasteiger partial charge on any atom is -0.299 e. The lowest BCUT2D eigenvalue weighted by Crippen LogP contribution is -2.36. The van der Waals surface area contributed by atoms with Gasteiger partial charge >= 0.3 is 0 Å². The van der Waals surface area contributed by atoms with Crippen LogP contribution in [-0.4, -0.2) is 27.5 Å². The van der Waals surface area contributed by atoms with Gasteiger partial charge in [0.25, 0.3) is 5.69 Å². The molecule has 6 heteroatoms. The number of nitrogens with zero attached hydrogens (tertiary/aromatic N) is 1. The lowest BCUT2D eigenvalue weighted by atomic mass is 9.91. The molecule has 0 N–H and O–H groups in total. The molecule has 0 radical (unpaired) electrons. The van der Waals surface area contributed by atoms with Crippen LogP contribution in [0.1, 0.15) is 30.4 Å². The number of hydrogen-bond donors (Lipinski definition) is 0. The predicted molar refractivity (Wildman–Crippen MR) is 94.8 cm³/mol. The van der Waals surface area contributed by atoms with Gasteiger partial charge in [0.15, 0.2) is 0 Å². The molecular formula is C17H17NO3S2. The van der Waals surface area contributed by atoms with Crippen LogP contribution in [0.4, 0.5) is 5.69 Å². The Morgan fingerprint density at radius 1 is 1.22 bits per heavy atom. The zero-order valence-electron chi connectivity index (χ0n) is 12.6. The SMILES string of the molecule is O=C1CCSC2C3=C(SCC12)c1cc([N+](=O)[O-])ccc1CCC3. The molecule has 0 saturated carbocycles. The van der Waals surface area contributed by atoms with Crippen molar-refractivity contribution in [1.29, 1.82) is 0 Å². The Bertz CT molecular complexity index is 729. The van der Waals surface area contributed by atoms with Gasteiger partial charge in [0.05, 0.1) is 4.92 Å². The van der Waals surface area contributed by atoms with Crippen molar-refractivity contribution >= 4 is 39.9 Å². The van der Waals surface area contributed by atoms with Crippen molar-refractivity contribution in [2.45, 2.75) is 30.9 Å². The van der Waals surface area contributed by atoms with Gasteiger partial charge in [-0.3, -0.25) is 14.9 Å². The number of rotatable bonds is 1. The zero-order valence-corrected chi connectivity index (χ0v) is 14.3. The number of thioether (sulfide) groups is 2. The molecule has 1 aliphatic carbocycles. The highest BCUT2D eigenvalue weighted by molar-refractivity contribution is 8.08. The molecule has 23 heavy (non-hydrogen) atoms. The number of non-ortho nitro benzene ring substituents is 1. The topological polar surface area (TPSA) is 60.2 Å². The summed E-state index contributed by atoms with van der Waals surface area (Å²) in [6.07, 6.45) is 3.71. The van der Waals surface area contributed by atoms with E-state index in [1.807, 2.05) is 17.8 Å². The number of Topliss-reactive ketones (excluding diaryl/α,β-unsaturated/α-hetero) is 1. The largest absolute Gasteiger partial charge is 0.299 e. The van der Waals surface area contributed by atoms with Crippen molar-refractivity contribution in [3.8, 4) is 0 Å². The first-order chi connectivity index (χ1) is 11.1. The average Bonchev–Trinajstić information content (AvgIpc) is 2.74. The Kier molecular flexibility index (Phi) is 3.97. The molecule has 0 spiro atoms. The Labute approximate surface area is 143 Å². The highest BCUT2D eigenvalue weighted by Crippen LogP contribution is 2.50. The van der Waals surface area contributed by atoms with Gasteiger partial charge in [0.1, 0.15) is 5.78 Å². The van der Waals surface area contributed by atoms with Crippen molar-refractivity contribution in [3.05, 3.63) is 45.0 Å². The number of benzene rings is 1. The van der Waals surface area contributed by atoms with Gasteiger partial charge in [0.2, 0.25) is 0 Å². The molecule has 1 aromatic rings. The number of ketones is 1. The fraction of sp³-hybridized carbons (Fsp3) is 0.471. The standard InChI is InChI=1S/C17H17NO3S2/c19-15-6-7-22-17-12-3-1-2-10-4-5-11(18(20)21)8-13(10)16(12)23-9-14(15)17/h4-5,8,14,17H,1-3,6-7,9H2. The van der Waals surface area contributed by atoms with E-state index in [0.29, 0.717) is 12.2 Å². The summed E-state index contributed by atoms with van der Waals surface area (Å²) in [7, 11) is 0. The van der Waals surface area contributed by atoms with Crippen molar-refractivity contribution in [1.82, 2.24) is 0 Å². The molecule has 2 heterocycles. The smallest absolute Gasteiger partial charge is 0.270 e. The first-order valence-corrected chi connectivity index (χ1v) is 9.96. The summed E-state index contributed by atoms with van der Waals surface area (Å²) in [6, 6.07) is 5.26. The Balaban J connectivity index is 1.83. The Hall–Kier alpha value is -1.27. The van der Waals surface area contributed by atoms with Crippen LogP contribution in [0.5, 0.6) is 0 Å². The minimum atomic E-state index is -0.319. The van der Waals surface area contributed by atoms with Gasteiger partial charge < -0.3 is 0 Å². The van der Waals surface area contributed by atoms with E-state index in [2.05, 4.69) is 0 Å². The van der Waals surface area contributed by atoms with Gasteiger partial charge in [-0.05, 0) is 36.0 Å². The van der Waals surface area contributed by atoms with E-state index in [4.69, 9.17) is 0 Å². The molecular weight excluding hydrogens is 330 g/mol. The van der Waals surface area contributed by atoms with E-state index in [9.17, 15) is 14.9 Å². The maximum absolute atomic E-state index is 12.2. The predicted octanol–water partition coefficient (Wildman–Crippen LogP) is 4.08. The summed E-state index contributed by atoms with van der Waals surface area (Å²) in [6.45, 7) is 0. The van der Waals surface area contributed by atoms with Crippen molar-refractivity contribution in [2.75, 3.05) is 11.5 Å². The second-order valence-corrected chi connectivity index (χ2v) is 8.51. The van der Waals surface area contributed by atoms with Gasteiger partial charge in [-0.2, -0.15) is 11.8 Å². The zero-order chi connectivity index (χ0) is 16.0. The van der Waals surface area contributed by atoms with E-state index in [0.717, 1.165) is 36.3 Å². The summed E-state index contributed by atoms with van der Waals surface area (Å²) in [5.41, 5.74) is 3.77. The number of fused-ring (bicyclic) bond motifs is 4. The lowest BCUT2D eigenvalue weighted by Gasteiger charge is -2.36. The summed E-state index contributed by atoms with van der Waals surface area (Å²) in [5.74, 6) is 2.26. The second-order valence-electron chi connectivity index (χ2n) is 6.23. The van der Waals surface area contributed by atoms with Crippen LogP contribution >= 0.6 is 23.5 Å². The molecule has 2 unspecified atom stereocenters. The molecule has 4 rings (SSSR count). The van der Waals surface area contributed by atoms with Crippen LogP contribution in [0.2, 0.25) is 0 Å². The third-order valence-corrected chi connectivity index (χ3v) is 7.62. The molecule has 1 saturated heterocycles. The van der Waals surface area contributed by atoms with Gasteiger partial charge in [-0.25, -0.2) is 0 Å². The van der Waals surface area contributed by atoms with Crippen molar-refractivity contribution < 1.29 is 9.72 Å². The maximum Gasteiger partial charge on any atom is 0.270 e. The normalized spacial score (nSPS) is 26.9. The van der Waals surface area contributed by atoms with E-state index in [1.54, 1.807) is 23.9 Å². The van der Waals surface area contributed by atoms with Crippen molar-refractivity contribution in [2.24, 2.45) is 5.92 Å². The third-order valence-electron chi connectivity index (χ3n) is 4.91. The van der Waals surface area contributed by atoms with Crippen LogP contribution < -0.4 is 0 Å². The van der Waals surface area contributed by atoms with E-state index < -0.39 is 0 Å². The molecule has 2 atom stereocenters. The van der Waals surface area contributed by atoms with Crippen molar-refractivity contribution in [3.63, 3.8) is 0 Å². The van der Waals surface area contributed by atoms with E-state index >= 15 is 0 Å². The van der Waals surface area contributed by atoms with Gasteiger partial charge in [0, 0.05) is 46.1 Å². The maximum atomic E-state index is 12.2. The Morgan fingerprint density at radius 2 is 2.09 bits per heavy atom. The highest BCUT2D eigenvalue weighted by atomic mass is 32.2. The molecule has 3 aliphatic rings. The average molecular weight is 347 g/mol. The number of carbonyl (C=O) groups is 1. The molecule has 4 nitrogen and oxygen atoms in total. The summed E-state index contributed by atoms with van der Waals surface area (Å²) >= 11 is 3.64. The van der Waals surface area contributed by atoms with E-state index in [1.165, 1.54) is 16.0 Å². The lowest BCUT2D eigenvalue weighted by molar-refractivity contribution is -0.384. The van der Waals surface area contributed by atoms with Crippen LogP contribution in [0.3, 0.4) is 0 Å². The molecule has 1 fully saturated rings. The molecule has 120 valence electrons. The monoisotopic (exact) mass is 347 g/mol. The summed E-state index contributed by atoms with van der Waals surface area (Å²) in [5, 5.41) is 11.4. The molecule has 0 amide bonds. The third kappa shape index (κ3) is 2.62. The van der Waals surface area contributed by atoms with Crippen LogP contribution in [0.25, 0.3) is 4.91 Å². The molecule has 0 bridgehead atoms. The summed E-state index contributed by atoms with van der Waals surface area (Å²) in [4.78, 5) is 24.3. The van der Waals surface area contributed by atoms with Crippen LogP contribution in [0.15, 0.2) is 23.8 Å². The number of carbonyl (C=O) groups excluding carboxylic acids is 1. The number of nitro groups is 1. The summed E-state index contributed by atoms with van der Waals surface area (Å²) < 4.78 is 0. The van der Waals surface area contributed by atoms with Crippen LogP contribution in [-0.2, 0) is 11.2 Å².